The molecule has 1 saturated carbocycles. The van der Waals surface area contributed by atoms with Crippen LogP contribution in [0.15, 0.2) is 78.1 Å². The number of tetrazole rings is 1. The number of nitrogens with zero attached hydrogens (tertiary/aromatic N) is 3. The minimum absolute atomic E-state index is 0.0361. The van der Waals surface area contributed by atoms with Gasteiger partial charge in [0, 0.05) is 23.5 Å². The average Bonchev–Trinajstić information content (AvgIpc) is 3.41. The molecule has 0 spiro atoms. The Hall–Kier alpha value is -2.96. The number of fused-ring (bicyclic) bond motifs is 1. The van der Waals surface area contributed by atoms with E-state index in [1.165, 1.54) is 0 Å². The third kappa shape index (κ3) is 3.26. The van der Waals surface area contributed by atoms with E-state index >= 15 is 0 Å². The van der Waals surface area contributed by atoms with Crippen molar-refractivity contribution in [2.75, 3.05) is 0 Å². The first-order valence-corrected chi connectivity index (χ1v) is 11.0. The fraction of sp³-hybridized carbons (Fsp3) is 0.250. The molecular weight excluding hydrogens is 447 g/mol. The Balaban J connectivity index is 1.32. The summed E-state index contributed by atoms with van der Waals surface area (Å²) in [6.45, 7) is 2.21. The number of H-pyrrole nitrogens is 1. The number of ketones is 1. The van der Waals surface area contributed by atoms with Gasteiger partial charge >= 0.3 is 0 Å². The Morgan fingerprint density at radius 1 is 1.09 bits per heavy atom. The molecule has 2 aromatic carbocycles. The Bertz CT molecular complexity index is 1200. The van der Waals surface area contributed by atoms with E-state index in [1.807, 2.05) is 67.6 Å². The van der Waals surface area contributed by atoms with E-state index in [-0.39, 0.29) is 11.7 Å². The van der Waals surface area contributed by atoms with Gasteiger partial charge in [-0.25, -0.2) is 0 Å². The van der Waals surface area contributed by atoms with Gasteiger partial charge in [0.1, 0.15) is 10.9 Å². The number of allylic oxidation sites excluding steroid dienone is 4. The SMILES string of the molecule is CC1(c2ccccc2)C(=O)C2=CC=C(OCc3ccc(-c4nn[nH]n4)cc3)CC2C1(Cl)Cl. The first kappa shape index (κ1) is 20.9. The smallest absolute Gasteiger partial charge is 0.204 e. The summed E-state index contributed by atoms with van der Waals surface area (Å²) in [5, 5.41) is 14.0. The molecule has 0 amide bonds. The number of alkyl halides is 2. The highest BCUT2D eigenvalue weighted by atomic mass is 35.5. The molecule has 2 unspecified atom stereocenters. The van der Waals surface area contributed by atoms with Gasteiger partial charge in [0.05, 0.1) is 11.2 Å². The third-order valence-corrected chi connectivity index (χ3v) is 7.67. The van der Waals surface area contributed by atoms with E-state index in [1.54, 1.807) is 6.08 Å². The van der Waals surface area contributed by atoms with Crippen LogP contribution in [0.2, 0.25) is 0 Å². The standard InChI is InChI=1S/C24H20Cl2N4O2/c1-23(17-5-3-2-4-6-17)21(31)19-12-11-18(13-20(19)24(23,25)26)32-14-15-7-9-16(10-8-15)22-27-29-30-28-22/h2-12,20H,13-14H2,1H3,(H,27,28,29,30). The number of aromatic amines is 1. The maximum absolute atomic E-state index is 13.4. The highest BCUT2D eigenvalue weighted by molar-refractivity contribution is 6.53. The van der Waals surface area contributed by atoms with Crippen LogP contribution >= 0.6 is 23.2 Å². The van der Waals surface area contributed by atoms with E-state index in [2.05, 4.69) is 20.6 Å². The second kappa shape index (κ2) is 7.87. The maximum atomic E-state index is 13.4. The molecule has 1 heterocycles. The Kier molecular flexibility index (Phi) is 5.14. The fourth-order valence-corrected chi connectivity index (χ4v) is 5.22. The summed E-state index contributed by atoms with van der Waals surface area (Å²) in [5.74, 6) is 0.907. The largest absolute Gasteiger partial charge is 0.493 e. The number of carbonyl (C=O) groups is 1. The number of ether oxygens (including phenoxy) is 1. The number of nitrogens with one attached hydrogen (secondary N) is 1. The molecule has 5 rings (SSSR count). The van der Waals surface area contributed by atoms with Gasteiger partial charge in [-0.05, 0) is 29.3 Å². The van der Waals surface area contributed by atoms with E-state index in [0.717, 1.165) is 22.4 Å². The van der Waals surface area contributed by atoms with E-state index in [0.29, 0.717) is 24.4 Å². The van der Waals surface area contributed by atoms with Gasteiger partial charge in [-0.2, -0.15) is 5.21 Å². The molecule has 162 valence electrons. The lowest BCUT2D eigenvalue weighted by molar-refractivity contribution is -0.119. The van der Waals surface area contributed by atoms with Gasteiger partial charge in [-0.1, -0.05) is 83.9 Å². The van der Waals surface area contributed by atoms with Crippen LogP contribution in [0.3, 0.4) is 0 Å². The van der Waals surface area contributed by atoms with Crippen molar-refractivity contribution in [3.05, 3.63) is 89.2 Å². The van der Waals surface area contributed by atoms with Crippen molar-refractivity contribution in [2.24, 2.45) is 5.92 Å². The molecule has 6 nitrogen and oxygen atoms in total. The van der Waals surface area contributed by atoms with Gasteiger partial charge in [-0.15, -0.1) is 10.2 Å². The van der Waals surface area contributed by atoms with Crippen molar-refractivity contribution in [1.82, 2.24) is 20.6 Å². The minimum Gasteiger partial charge on any atom is -0.493 e. The van der Waals surface area contributed by atoms with Crippen molar-refractivity contribution < 1.29 is 9.53 Å². The molecule has 3 aromatic rings. The zero-order valence-corrected chi connectivity index (χ0v) is 18.8. The van der Waals surface area contributed by atoms with Crippen LogP contribution in [-0.2, 0) is 21.6 Å². The number of rotatable bonds is 5. The van der Waals surface area contributed by atoms with Crippen LogP contribution in [0.1, 0.15) is 24.5 Å². The van der Waals surface area contributed by atoms with Crippen LogP contribution in [0, 0.1) is 5.92 Å². The summed E-state index contributed by atoms with van der Waals surface area (Å²) in [4.78, 5) is 13.4. The number of hydrogen-bond acceptors (Lipinski definition) is 5. The summed E-state index contributed by atoms with van der Waals surface area (Å²) >= 11 is 13.9. The monoisotopic (exact) mass is 466 g/mol. The number of Topliss-reactive ketones (excluding diaryl/α,β-unsaturated/α-hetero) is 1. The van der Waals surface area contributed by atoms with Gasteiger partial charge < -0.3 is 4.74 Å². The molecule has 0 bridgehead atoms. The minimum atomic E-state index is -1.29. The molecular formula is C24H20Cl2N4O2. The molecule has 1 fully saturated rings. The lowest BCUT2D eigenvalue weighted by Gasteiger charge is -2.36. The number of halogens is 2. The zero-order valence-electron chi connectivity index (χ0n) is 17.3. The van der Waals surface area contributed by atoms with Crippen molar-refractivity contribution >= 4 is 29.0 Å². The predicted octanol–water partition coefficient (Wildman–Crippen LogP) is 4.93. The van der Waals surface area contributed by atoms with Crippen LogP contribution in [0.4, 0.5) is 0 Å². The van der Waals surface area contributed by atoms with E-state index in [4.69, 9.17) is 27.9 Å². The normalized spacial score (nSPS) is 24.0. The lowest BCUT2D eigenvalue weighted by atomic mass is 9.78. The topological polar surface area (TPSA) is 80.8 Å². The number of hydrogen-bond donors (Lipinski definition) is 1. The average molecular weight is 467 g/mol. The summed E-state index contributed by atoms with van der Waals surface area (Å²) in [7, 11) is 0. The van der Waals surface area contributed by atoms with Gasteiger partial charge in [0.25, 0.3) is 0 Å². The Morgan fingerprint density at radius 2 is 1.84 bits per heavy atom. The highest BCUT2D eigenvalue weighted by Gasteiger charge is 2.65. The second-order valence-corrected chi connectivity index (χ2v) is 9.56. The van der Waals surface area contributed by atoms with E-state index in [9.17, 15) is 4.79 Å². The molecule has 0 aliphatic heterocycles. The zero-order chi connectivity index (χ0) is 22.3. The number of aromatic nitrogens is 4. The van der Waals surface area contributed by atoms with Crippen molar-refractivity contribution in [3.63, 3.8) is 0 Å². The summed E-state index contributed by atoms with van der Waals surface area (Å²) < 4.78 is 4.76. The van der Waals surface area contributed by atoms with Gasteiger partial charge in [0.2, 0.25) is 5.82 Å². The lowest BCUT2D eigenvalue weighted by Crippen LogP contribution is -2.43. The van der Waals surface area contributed by atoms with Crippen molar-refractivity contribution in [2.45, 2.75) is 29.7 Å². The first-order chi connectivity index (χ1) is 15.4. The van der Waals surface area contributed by atoms with Crippen LogP contribution in [-0.4, -0.2) is 30.7 Å². The molecule has 0 radical (unpaired) electrons. The molecule has 8 heteroatoms. The fourth-order valence-electron chi connectivity index (χ4n) is 4.44. The summed E-state index contributed by atoms with van der Waals surface area (Å²) in [6, 6.07) is 17.2. The first-order valence-electron chi connectivity index (χ1n) is 10.3. The quantitative estimate of drug-likeness (QED) is 0.539. The third-order valence-electron chi connectivity index (χ3n) is 6.38. The van der Waals surface area contributed by atoms with E-state index < -0.39 is 9.75 Å². The maximum Gasteiger partial charge on any atom is 0.204 e. The molecule has 1 aromatic heterocycles. The molecule has 2 aliphatic rings. The molecule has 2 aliphatic carbocycles. The highest BCUT2D eigenvalue weighted by Crippen LogP contribution is 2.60. The van der Waals surface area contributed by atoms with Gasteiger partial charge in [0.15, 0.2) is 5.78 Å². The Morgan fingerprint density at radius 3 is 2.53 bits per heavy atom. The van der Waals surface area contributed by atoms with Crippen LogP contribution in [0.5, 0.6) is 0 Å². The molecule has 0 saturated heterocycles. The summed E-state index contributed by atoms with van der Waals surface area (Å²) in [5.41, 5.74) is 2.30. The van der Waals surface area contributed by atoms with Crippen molar-refractivity contribution in [3.8, 4) is 11.4 Å². The molecule has 2 atom stereocenters. The number of carbonyl (C=O) groups excluding carboxylic acids is 1. The van der Waals surface area contributed by atoms with Crippen LogP contribution in [0.25, 0.3) is 11.4 Å². The van der Waals surface area contributed by atoms with Crippen molar-refractivity contribution in [1.29, 1.82) is 0 Å². The summed E-state index contributed by atoms with van der Waals surface area (Å²) in [6.07, 6.45) is 4.12. The van der Waals surface area contributed by atoms with Gasteiger partial charge in [-0.3, -0.25) is 4.79 Å². The predicted molar refractivity (Wildman–Crippen MR) is 122 cm³/mol. The Labute approximate surface area is 195 Å². The van der Waals surface area contributed by atoms with Crippen LogP contribution < -0.4 is 0 Å². The molecule has 32 heavy (non-hydrogen) atoms. The number of benzene rings is 2. The molecule has 1 N–H and O–H groups in total. The second-order valence-electron chi connectivity index (χ2n) is 8.18.